The number of nitrogens with zero attached hydrogens (tertiary/aromatic N) is 1. The number of aliphatic carboxylic acids is 1. The third-order valence-corrected chi connectivity index (χ3v) is 3.35. The molecule has 0 bridgehead atoms. The minimum atomic E-state index is -1.13. The monoisotopic (exact) mass is 329 g/mol. The van der Waals surface area contributed by atoms with Crippen molar-refractivity contribution in [2.45, 2.75) is 0 Å². The van der Waals surface area contributed by atoms with E-state index in [1.165, 1.54) is 38.5 Å². The molecule has 7 heteroatoms. The lowest BCUT2D eigenvalue weighted by Crippen LogP contribution is -1.97. The van der Waals surface area contributed by atoms with Gasteiger partial charge in [-0.2, -0.15) is 0 Å². The van der Waals surface area contributed by atoms with Crippen molar-refractivity contribution in [3.63, 3.8) is 0 Å². The van der Waals surface area contributed by atoms with Gasteiger partial charge in [0.1, 0.15) is 0 Å². The number of methoxy groups -OCH3 is 2. The van der Waals surface area contributed by atoms with E-state index in [-0.39, 0.29) is 5.69 Å². The molecule has 0 amide bonds. The Bertz CT molecular complexity index is 795. The molecule has 0 aliphatic carbocycles. The minimum absolute atomic E-state index is 0.0688. The molecule has 0 fully saturated rings. The van der Waals surface area contributed by atoms with Gasteiger partial charge >= 0.3 is 5.97 Å². The molecule has 0 unspecified atom stereocenters. The number of nitro groups is 1. The lowest BCUT2D eigenvalue weighted by molar-refractivity contribution is -0.384. The van der Waals surface area contributed by atoms with E-state index in [0.717, 1.165) is 6.08 Å². The summed E-state index contributed by atoms with van der Waals surface area (Å²) in [7, 11) is 2.98. The van der Waals surface area contributed by atoms with E-state index in [0.29, 0.717) is 28.2 Å². The average molecular weight is 329 g/mol. The zero-order chi connectivity index (χ0) is 17.7. The Kier molecular flexibility index (Phi) is 5.16. The van der Waals surface area contributed by atoms with Crippen molar-refractivity contribution in [3.05, 3.63) is 69.8 Å². The van der Waals surface area contributed by atoms with Crippen LogP contribution in [0.2, 0.25) is 0 Å². The molecule has 1 N–H and O–H groups in total. The zero-order valence-corrected chi connectivity index (χ0v) is 13.1. The number of nitro benzene ring substituents is 1. The highest BCUT2D eigenvalue weighted by molar-refractivity contribution is 5.95. The quantitative estimate of drug-likeness (QED) is 0.496. The molecule has 124 valence electrons. The molecule has 0 aliphatic rings. The van der Waals surface area contributed by atoms with E-state index < -0.39 is 10.9 Å². The summed E-state index contributed by atoms with van der Waals surface area (Å²) >= 11 is 0. The lowest BCUT2D eigenvalue weighted by atomic mass is 9.97. The summed E-state index contributed by atoms with van der Waals surface area (Å²) in [5, 5.41) is 19.9. The Hall–Kier alpha value is -3.35. The van der Waals surface area contributed by atoms with E-state index in [1.807, 2.05) is 0 Å². The second-order valence-electron chi connectivity index (χ2n) is 4.77. The van der Waals surface area contributed by atoms with Crippen LogP contribution in [0.4, 0.5) is 5.69 Å². The van der Waals surface area contributed by atoms with Crippen LogP contribution in [0.1, 0.15) is 11.1 Å². The van der Waals surface area contributed by atoms with Gasteiger partial charge in [0.15, 0.2) is 11.5 Å². The maximum Gasteiger partial charge on any atom is 0.328 e. The van der Waals surface area contributed by atoms with Gasteiger partial charge in [-0.15, -0.1) is 0 Å². The van der Waals surface area contributed by atoms with Crippen LogP contribution < -0.4 is 9.47 Å². The standard InChI is InChI=1S/C17H15NO6/c1-23-15-8-5-12(9-16(15)24-2)14(10-17(19)20)11-3-6-13(7-4-11)18(21)22/h3-10H,1-2H3,(H,19,20). The Balaban J connectivity index is 2.54. The first-order chi connectivity index (χ1) is 11.5. The van der Waals surface area contributed by atoms with Gasteiger partial charge in [0, 0.05) is 18.2 Å². The molecular formula is C17H15NO6. The molecular weight excluding hydrogens is 314 g/mol. The predicted molar refractivity (Wildman–Crippen MR) is 87.4 cm³/mol. The summed E-state index contributed by atoms with van der Waals surface area (Å²) < 4.78 is 10.4. The van der Waals surface area contributed by atoms with Gasteiger partial charge < -0.3 is 14.6 Å². The highest BCUT2D eigenvalue weighted by Crippen LogP contribution is 2.33. The zero-order valence-electron chi connectivity index (χ0n) is 13.1. The summed E-state index contributed by atoms with van der Waals surface area (Å²) in [4.78, 5) is 21.4. The second-order valence-corrected chi connectivity index (χ2v) is 4.77. The Morgan fingerprint density at radius 1 is 1.04 bits per heavy atom. The SMILES string of the molecule is COc1ccc(C(=CC(=O)O)c2ccc([N+](=O)[O-])cc2)cc1OC. The number of carboxylic acid groups (broad SMARTS) is 1. The molecule has 0 saturated carbocycles. The summed E-state index contributed by atoms with van der Waals surface area (Å²) in [5.74, 6) is -0.161. The van der Waals surface area contributed by atoms with Crippen molar-refractivity contribution in [1.29, 1.82) is 0 Å². The Morgan fingerprint density at radius 3 is 2.12 bits per heavy atom. The molecule has 0 spiro atoms. The summed E-state index contributed by atoms with van der Waals surface area (Å²) in [5.41, 5.74) is 1.46. The molecule has 7 nitrogen and oxygen atoms in total. The van der Waals surface area contributed by atoms with Gasteiger partial charge in [-0.3, -0.25) is 10.1 Å². The van der Waals surface area contributed by atoms with E-state index in [2.05, 4.69) is 0 Å². The lowest BCUT2D eigenvalue weighted by Gasteiger charge is -2.12. The number of carbonyl (C=O) groups is 1. The largest absolute Gasteiger partial charge is 0.493 e. The number of hydrogen-bond donors (Lipinski definition) is 1. The van der Waals surface area contributed by atoms with E-state index in [9.17, 15) is 14.9 Å². The topological polar surface area (TPSA) is 98.9 Å². The van der Waals surface area contributed by atoms with E-state index >= 15 is 0 Å². The first-order valence-corrected chi connectivity index (χ1v) is 6.88. The molecule has 0 saturated heterocycles. The normalized spacial score (nSPS) is 11.0. The second kappa shape index (κ2) is 7.28. The third kappa shape index (κ3) is 3.70. The minimum Gasteiger partial charge on any atom is -0.493 e. The highest BCUT2D eigenvalue weighted by atomic mass is 16.6. The molecule has 0 aromatic heterocycles. The van der Waals surface area contributed by atoms with Crippen molar-refractivity contribution in [1.82, 2.24) is 0 Å². The van der Waals surface area contributed by atoms with Crippen LogP contribution in [0.25, 0.3) is 5.57 Å². The third-order valence-electron chi connectivity index (χ3n) is 3.35. The molecule has 2 rings (SSSR count). The molecule has 2 aromatic carbocycles. The summed E-state index contributed by atoms with van der Waals surface area (Å²) in [6, 6.07) is 10.7. The van der Waals surface area contributed by atoms with Gasteiger partial charge in [-0.05, 0) is 41.0 Å². The Labute approximate surface area is 137 Å². The van der Waals surface area contributed by atoms with Gasteiger partial charge in [0.2, 0.25) is 0 Å². The fourth-order valence-electron chi connectivity index (χ4n) is 2.22. The predicted octanol–water partition coefficient (Wildman–Crippen LogP) is 3.13. The number of benzene rings is 2. The van der Waals surface area contributed by atoms with Crippen LogP contribution in [0.5, 0.6) is 11.5 Å². The van der Waals surface area contributed by atoms with E-state index in [1.54, 1.807) is 18.2 Å². The van der Waals surface area contributed by atoms with Gasteiger partial charge in [0.05, 0.1) is 19.1 Å². The molecule has 0 aliphatic heterocycles. The van der Waals surface area contributed by atoms with Crippen molar-refractivity contribution in [2.75, 3.05) is 14.2 Å². The van der Waals surface area contributed by atoms with Crippen molar-refractivity contribution in [3.8, 4) is 11.5 Å². The molecule has 0 heterocycles. The van der Waals surface area contributed by atoms with E-state index in [4.69, 9.17) is 14.6 Å². The van der Waals surface area contributed by atoms with Crippen molar-refractivity contribution in [2.24, 2.45) is 0 Å². The van der Waals surface area contributed by atoms with Crippen LogP contribution in [-0.4, -0.2) is 30.2 Å². The fourth-order valence-corrected chi connectivity index (χ4v) is 2.22. The van der Waals surface area contributed by atoms with Gasteiger partial charge in [-0.25, -0.2) is 4.79 Å². The molecule has 24 heavy (non-hydrogen) atoms. The van der Waals surface area contributed by atoms with Gasteiger partial charge in [0.25, 0.3) is 5.69 Å². The number of hydrogen-bond acceptors (Lipinski definition) is 5. The van der Waals surface area contributed by atoms with Crippen LogP contribution in [0.3, 0.4) is 0 Å². The fraction of sp³-hybridized carbons (Fsp3) is 0.118. The molecule has 0 radical (unpaired) electrons. The number of carboxylic acids is 1. The number of ether oxygens (including phenoxy) is 2. The summed E-state index contributed by atoms with van der Waals surface area (Å²) in [6.07, 6.45) is 1.04. The number of rotatable bonds is 6. The maximum atomic E-state index is 11.2. The van der Waals surface area contributed by atoms with Crippen LogP contribution in [-0.2, 0) is 4.79 Å². The van der Waals surface area contributed by atoms with Crippen molar-refractivity contribution >= 4 is 17.2 Å². The van der Waals surface area contributed by atoms with Crippen molar-refractivity contribution < 1.29 is 24.3 Å². The van der Waals surface area contributed by atoms with Gasteiger partial charge in [-0.1, -0.05) is 6.07 Å². The van der Waals surface area contributed by atoms with Crippen LogP contribution >= 0.6 is 0 Å². The smallest absolute Gasteiger partial charge is 0.328 e. The maximum absolute atomic E-state index is 11.2. The summed E-state index contributed by atoms with van der Waals surface area (Å²) in [6.45, 7) is 0. The average Bonchev–Trinajstić information content (AvgIpc) is 2.59. The first-order valence-electron chi connectivity index (χ1n) is 6.88. The highest BCUT2D eigenvalue weighted by Gasteiger charge is 2.13. The number of non-ortho nitro benzene ring substituents is 1. The first kappa shape index (κ1) is 17.0. The molecule has 2 aromatic rings. The Morgan fingerprint density at radius 2 is 1.62 bits per heavy atom. The molecule has 0 atom stereocenters. The van der Waals surface area contributed by atoms with Crippen LogP contribution in [0, 0.1) is 10.1 Å². The van der Waals surface area contributed by atoms with Crippen LogP contribution in [0.15, 0.2) is 48.5 Å².